The summed E-state index contributed by atoms with van der Waals surface area (Å²) in [4.78, 5) is 17.2. The molecule has 0 aliphatic heterocycles. The van der Waals surface area contributed by atoms with Gasteiger partial charge in [0, 0.05) is 18.7 Å². The SMILES string of the molecule is Cc1nc(-c2ccc(F)cc2)sc1C(=O)NCC(C)CCO. The van der Waals surface area contributed by atoms with E-state index < -0.39 is 0 Å². The highest BCUT2D eigenvalue weighted by Gasteiger charge is 2.16. The van der Waals surface area contributed by atoms with Crippen LogP contribution >= 0.6 is 11.3 Å². The number of aliphatic hydroxyl groups excluding tert-OH is 1. The maximum Gasteiger partial charge on any atom is 0.263 e. The lowest BCUT2D eigenvalue weighted by Crippen LogP contribution is -2.28. The summed E-state index contributed by atoms with van der Waals surface area (Å²) in [5, 5.41) is 12.4. The normalized spacial score (nSPS) is 12.2. The number of hydrogen-bond acceptors (Lipinski definition) is 4. The van der Waals surface area contributed by atoms with Crippen molar-refractivity contribution in [1.82, 2.24) is 10.3 Å². The number of hydrogen-bond donors (Lipinski definition) is 2. The topological polar surface area (TPSA) is 62.2 Å². The van der Waals surface area contributed by atoms with Crippen LogP contribution in [0.1, 0.15) is 28.7 Å². The molecule has 0 fully saturated rings. The number of nitrogens with zero attached hydrogens (tertiary/aromatic N) is 1. The van der Waals surface area contributed by atoms with Gasteiger partial charge in [0.15, 0.2) is 0 Å². The molecule has 0 radical (unpaired) electrons. The number of rotatable bonds is 6. The van der Waals surface area contributed by atoms with E-state index in [0.717, 1.165) is 5.56 Å². The van der Waals surface area contributed by atoms with Crippen molar-refractivity contribution in [1.29, 1.82) is 0 Å². The molecular formula is C16H19FN2O2S. The Morgan fingerprint density at radius 2 is 2.09 bits per heavy atom. The van der Waals surface area contributed by atoms with E-state index in [9.17, 15) is 9.18 Å². The first-order valence-electron chi connectivity index (χ1n) is 7.13. The molecule has 2 rings (SSSR count). The van der Waals surface area contributed by atoms with Crippen LogP contribution in [0, 0.1) is 18.7 Å². The van der Waals surface area contributed by atoms with Crippen molar-refractivity contribution >= 4 is 17.2 Å². The smallest absolute Gasteiger partial charge is 0.263 e. The Morgan fingerprint density at radius 1 is 1.41 bits per heavy atom. The van der Waals surface area contributed by atoms with E-state index >= 15 is 0 Å². The molecule has 1 amide bonds. The highest BCUT2D eigenvalue weighted by molar-refractivity contribution is 7.17. The van der Waals surface area contributed by atoms with Crippen molar-refractivity contribution in [3.63, 3.8) is 0 Å². The number of halogens is 1. The molecule has 0 bridgehead atoms. The number of aryl methyl sites for hydroxylation is 1. The zero-order chi connectivity index (χ0) is 16.1. The predicted molar refractivity (Wildman–Crippen MR) is 85.4 cm³/mol. The molecule has 0 spiro atoms. The molecule has 1 aromatic heterocycles. The van der Waals surface area contributed by atoms with E-state index in [1.807, 2.05) is 6.92 Å². The molecule has 0 saturated carbocycles. The summed E-state index contributed by atoms with van der Waals surface area (Å²) >= 11 is 1.30. The van der Waals surface area contributed by atoms with E-state index in [4.69, 9.17) is 5.11 Å². The average Bonchev–Trinajstić information content (AvgIpc) is 2.88. The second-order valence-corrected chi connectivity index (χ2v) is 6.27. The van der Waals surface area contributed by atoms with E-state index in [2.05, 4.69) is 10.3 Å². The van der Waals surface area contributed by atoms with Crippen molar-refractivity contribution < 1.29 is 14.3 Å². The summed E-state index contributed by atoms with van der Waals surface area (Å²) < 4.78 is 13.0. The van der Waals surface area contributed by atoms with Gasteiger partial charge in [0.05, 0.1) is 5.69 Å². The summed E-state index contributed by atoms with van der Waals surface area (Å²) in [6.07, 6.45) is 0.656. The maximum absolute atomic E-state index is 13.0. The van der Waals surface area contributed by atoms with Crippen LogP contribution in [0.3, 0.4) is 0 Å². The minimum atomic E-state index is -0.298. The Hall–Kier alpha value is -1.79. The van der Waals surface area contributed by atoms with Crippen molar-refractivity contribution in [3.05, 3.63) is 40.7 Å². The van der Waals surface area contributed by atoms with E-state index in [1.54, 1.807) is 19.1 Å². The summed E-state index contributed by atoms with van der Waals surface area (Å²) in [6.45, 7) is 4.39. The third-order valence-electron chi connectivity index (χ3n) is 3.33. The van der Waals surface area contributed by atoms with Gasteiger partial charge in [-0.05, 0) is 43.5 Å². The fraction of sp³-hybridized carbons (Fsp3) is 0.375. The monoisotopic (exact) mass is 322 g/mol. The van der Waals surface area contributed by atoms with Crippen molar-refractivity contribution in [2.45, 2.75) is 20.3 Å². The number of benzene rings is 1. The van der Waals surface area contributed by atoms with Crippen LogP contribution in [0.4, 0.5) is 4.39 Å². The zero-order valence-corrected chi connectivity index (χ0v) is 13.4. The Kier molecular flexibility index (Phi) is 5.63. The highest BCUT2D eigenvalue weighted by atomic mass is 32.1. The lowest BCUT2D eigenvalue weighted by atomic mass is 10.1. The van der Waals surface area contributed by atoms with Crippen LogP contribution in [0.15, 0.2) is 24.3 Å². The first-order chi connectivity index (χ1) is 10.5. The molecule has 0 saturated heterocycles. The van der Waals surface area contributed by atoms with Crippen LogP contribution in [-0.4, -0.2) is 29.1 Å². The van der Waals surface area contributed by atoms with Gasteiger partial charge in [-0.25, -0.2) is 9.37 Å². The zero-order valence-electron chi connectivity index (χ0n) is 12.6. The van der Waals surface area contributed by atoms with Crippen LogP contribution < -0.4 is 5.32 Å². The molecule has 118 valence electrons. The standard InChI is InChI=1S/C16H19FN2O2S/c1-10(7-8-20)9-18-15(21)14-11(2)19-16(22-14)12-3-5-13(17)6-4-12/h3-6,10,20H,7-9H2,1-2H3,(H,18,21). The lowest BCUT2D eigenvalue weighted by Gasteiger charge is -2.10. The number of carbonyl (C=O) groups excluding carboxylic acids is 1. The molecular weight excluding hydrogens is 303 g/mol. The van der Waals surface area contributed by atoms with Crippen LogP contribution in [0.5, 0.6) is 0 Å². The van der Waals surface area contributed by atoms with Gasteiger partial charge in [0.2, 0.25) is 0 Å². The minimum Gasteiger partial charge on any atom is -0.396 e. The highest BCUT2D eigenvalue weighted by Crippen LogP contribution is 2.28. The third-order valence-corrected chi connectivity index (χ3v) is 4.53. The summed E-state index contributed by atoms with van der Waals surface area (Å²) in [7, 11) is 0. The third kappa shape index (κ3) is 4.11. The number of thiazole rings is 1. The first kappa shape index (κ1) is 16.6. The molecule has 0 aliphatic carbocycles. The van der Waals surface area contributed by atoms with Gasteiger partial charge in [0.25, 0.3) is 5.91 Å². The molecule has 22 heavy (non-hydrogen) atoms. The van der Waals surface area contributed by atoms with Crippen LogP contribution in [-0.2, 0) is 0 Å². The van der Waals surface area contributed by atoms with Crippen molar-refractivity contribution in [2.24, 2.45) is 5.92 Å². The van der Waals surface area contributed by atoms with Gasteiger partial charge in [-0.3, -0.25) is 4.79 Å². The molecule has 1 unspecified atom stereocenters. The fourth-order valence-corrected chi connectivity index (χ4v) is 2.98. The summed E-state index contributed by atoms with van der Waals surface area (Å²) in [6, 6.07) is 6.06. The predicted octanol–water partition coefficient (Wildman–Crippen LogP) is 3.01. The van der Waals surface area contributed by atoms with Gasteiger partial charge in [-0.1, -0.05) is 6.92 Å². The maximum atomic E-state index is 13.0. The molecule has 1 atom stereocenters. The van der Waals surface area contributed by atoms with Crippen LogP contribution in [0.2, 0.25) is 0 Å². The molecule has 1 aromatic carbocycles. The molecule has 2 aromatic rings. The Bertz CT molecular complexity index is 640. The van der Waals surface area contributed by atoms with E-state index in [-0.39, 0.29) is 24.2 Å². The van der Waals surface area contributed by atoms with E-state index in [1.165, 1.54) is 23.5 Å². The molecule has 0 aliphatic rings. The number of nitrogens with one attached hydrogen (secondary N) is 1. The molecule has 2 N–H and O–H groups in total. The summed E-state index contributed by atoms with van der Waals surface area (Å²) in [5.74, 6) is -0.236. The fourth-order valence-electron chi connectivity index (χ4n) is 1.99. The van der Waals surface area contributed by atoms with Gasteiger partial charge < -0.3 is 10.4 Å². The second-order valence-electron chi connectivity index (χ2n) is 5.27. The van der Waals surface area contributed by atoms with Gasteiger partial charge >= 0.3 is 0 Å². The largest absolute Gasteiger partial charge is 0.396 e. The van der Waals surface area contributed by atoms with Gasteiger partial charge in [-0.15, -0.1) is 11.3 Å². The summed E-state index contributed by atoms with van der Waals surface area (Å²) in [5.41, 5.74) is 1.46. The number of aliphatic hydroxyl groups is 1. The van der Waals surface area contributed by atoms with E-state index in [0.29, 0.717) is 28.5 Å². The average molecular weight is 322 g/mol. The second kappa shape index (κ2) is 7.47. The number of amides is 1. The molecule has 4 nitrogen and oxygen atoms in total. The van der Waals surface area contributed by atoms with Crippen molar-refractivity contribution in [2.75, 3.05) is 13.2 Å². The quantitative estimate of drug-likeness (QED) is 0.859. The number of carbonyl (C=O) groups is 1. The molecule has 1 heterocycles. The minimum absolute atomic E-state index is 0.116. The molecule has 6 heteroatoms. The Morgan fingerprint density at radius 3 is 2.73 bits per heavy atom. The Labute approximate surface area is 133 Å². The van der Waals surface area contributed by atoms with Gasteiger partial charge in [-0.2, -0.15) is 0 Å². The first-order valence-corrected chi connectivity index (χ1v) is 7.95. The van der Waals surface area contributed by atoms with Crippen LogP contribution in [0.25, 0.3) is 10.6 Å². The lowest BCUT2D eigenvalue weighted by molar-refractivity contribution is 0.0948. The van der Waals surface area contributed by atoms with Crippen molar-refractivity contribution in [3.8, 4) is 10.6 Å². The number of aromatic nitrogens is 1. The van der Waals surface area contributed by atoms with Gasteiger partial charge in [0.1, 0.15) is 15.7 Å². The Balaban J connectivity index is 2.09.